The van der Waals surface area contributed by atoms with Gasteiger partial charge in [0.2, 0.25) is 5.91 Å². The van der Waals surface area contributed by atoms with E-state index >= 15 is 0 Å². The zero-order valence-electron chi connectivity index (χ0n) is 13.8. The number of hydrogen-bond acceptors (Lipinski definition) is 3. The number of rotatable bonds is 6. The molecule has 0 radical (unpaired) electrons. The van der Waals surface area contributed by atoms with E-state index in [1.165, 1.54) is 0 Å². The third kappa shape index (κ3) is 5.76. The van der Waals surface area contributed by atoms with Crippen LogP contribution in [0, 0.1) is 11.3 Å². The van der Waals surface area contributed by atoms with Crippen molar-refractivity contribution in [2.45, 2.75) is 33.7 Å². The first-order chi connectivity index (χ1) is 9.76. The molecule has 1 aromatic rings. The molecule has 0 aliphatic rings. The van der Waals surface area contributed by atoms with Crippen LogP contribution in [0.1, 0.15) is 32.8 Å². The van der Waals surface area contributed by atoms with Crippen molar-refractivity contribution in [3.63, 3.8) is 0 Å². The molecule has 0 saturated heterocycles. The molecule has 2 N–H and O–H groups in total. The quantitative estimate of drug-likeness (QED) is 0.877. The average molecular weight is 292 g/mol. The highest BCUT2D eigenvalue weighted by Crippen LogP contribution is 2.25. The molecule has 0 fully saturated rings. The summed E-state index contributed by atoms with van der Waals surface area (Å²) in [6.45, 7) is 7.37. The van der Waals surface area contributed by atoms with Crippen molar-refractivity contribution in [3.8, 4) is 5.75 Å². The maximum Gasteiger partial charge on any atom is 0.227 e. The molecule has 0 bridgehead atoms. The van der Waals surface area contributed by atoms with Crippen molar-refractivity contribution in [2.75, 3.05) is 20.7 Å². The maximum atomic E-state index is 12.5. The van der Waals surface area contributed by atoms with Gasteiger partial charge in [0.1, 0.15) is 5.75 Å². The Labute approximate surface area is 128 Å². The second-order valence-electron chi connectivity index (χ2n) is 6.74. The van der Waals surface area contributed by atoms with Crippen LogP contribution in [0.2, 0.25) is 0 Å². The highest BCUT2D eigenvalue weighted by atomic mass is 16.5. The summed E-state index contributed by atoms with van der Waals surface area (Å²) in [6.07, 6.45) is 0.801. The first kappa shape index (κ1) is 17.5. The van der Waals surface area contributed by atoms with Gasteiger partial charge < -0.3 is 15.4 Å². The van der Waals surface area contributed by atoms with Crippen LogP contribution in [0.4, 0.5) is 0 Å². The Morgan fingerprint density at radius 3 is 2.29 bits per heavy atom. The fourth-order valence-corrected chi connectivity index (χ4v) is 2.41. The molecule has 1 atom stereocenters. The van der Waals surface area contributed by atoms with Crippen molar-refractivity contribution >= 4 is 5.91 Å². The Morgan fingerprint density at radius 1 is 1.29 bits per heavy atom. The number of methoxy groups -OCH3 is 1. The first-order valence-corrected chi connectivity index (χ1v) is 7.35. The minimum absolute atomic E-state index is 0.0979. The Bertz CT molecular complexity index is 449. The van der Waals surface area contributed by atoms with Crippen LogP contribution in [0.3, 0.4) is 0 Å². The standard InChI is InChI=1S/C17H28N2O2/c1-17(2,3)10-14(11-18)16(20)19(4)12-13-6-8-15(21-5)9-7-13/h6-9,14H,10-12,18H2,1-5H3. The summed E-state index contributed by atoms with van der Waals surface area (Å²) in [7, 11) is 3.47. The number of carbonyl (C=O) groups is 1. The van der Waals surface area contributed by atoms with Crippen LogP contribution in [-0.2, 0) is 11.3 Å². The van der Waals surface area contributed by atoms with Crippen LogP contribution in [0.5, 0.6) is 5.75 Å². The summed E-state index contributed by atoms with van der Waals surface area (Å²) >= 11 is 0. The predicted molar refractivity (Wildman–Crippen MR) is 86.1 cm³/mol. The smallest absolute Gasteiger partial charge is 0.227 e. The number of hydrogen-bond donors (Lipinski definition) is 1. The second kappa shape index (κ2) is 7.46. The molecule has 4 heteroatoms. The molecule has 118 valence electrons. The van der Waals surface area contributed by atoms with E-state index in [1.54, 1.807) is 12.0 Å². The lowest BCUT2D eigenvalue weighted by molar-refractivity contribution is -0.135. The molecule has 4 nitrogen and oxygen atoms in total. The summed E-state index contributed by atoms with van der Waals surface area (Å²) in [4.78, 5) is 14.3. The van der Waals surface area contributed by atoms with Crippen LogP contribution < -0.4 is 10.5 Å². The molecule has 1 aromatic carbocycles. The summed E-state index contributed by atoms with van der Waals surface area (Å²) in [5.74, 6) is 0.816. The highest BCUT2D eigenvalue weighted by Gasteiger charge is 2.26. The van der Waals surface area contributed by atoms with E-state index in [0.717, 1.165) is 17.7 Å². The SMILES string of the molecule is COc1ccc(CN(C)C(=O)C(CN)CC(C)(C)C)cc1. The molecule has 0 aliphatic heterocycles. The van der Waals surface area contributed by atoms with E-state index in [9.17, 15) is 4.79 Å². The highest BCUT2D eigenvalue weighted by molar-refractivity contribution is 5.78. The average Bonchev–Trinajstić information content (AvgIpc) is 2.43. The van der Waals surface area contributed by atoms with Crippen LogP contribution in [0.25, 0.3) is 0 Å². The van der Waals surface area contributed by atoms with Gasteiger partial charge in [-0.3, -0.25) is 4.79 Å². The van der Waals surface area contributed by atoms with Gasteiger partial charge >= 0.3 is 0 Å². The fourth-order valence-electron chi connectivity index (χ4n) is 2.41. The van der Waals surface area contributed by atoms with E-state index in [2.05, 4.69) is 20.8 Å². The van der Waals surface area contributed by atoms with E-state index in [-0.39, 0.29) is 17.2 Å². The van der Waals surface area contributed by atoms with E-state index in [1.807, 2.05) is 31.3 Å². The molecule has 21 heavy (non-hydrogen) atoms. The van der Waals surface area contributed by atoms with Gasteiger partial charge in [-0.2, -0.15) is 0 Å². The third-order valence-corrected chi connectivity index (χ3v) is 3.45. The van der Waals surface area contributed by atoms with Crippen molar-refractivity contribution < 1.29 is 9.53 Å². The number of ether oxygens (including phenoxy) is 1. The Kier molecular flexibility index (Phi) is 6.21. The summed E-state index contributed by atoms with van der Waals surface area (Å²) in [6, 6.07) is 7.76. The number of amides is 1. The lowest BCUT2D eigenvalue weighted by atomic mass is 9.84. The van der Waals surface area contributed by atoms with Crippen molar-refractivity contribution in [1.29, 1.82) is 0 Å². The zero-order chi connectivity index (χ0) is 16.0. The molecular formula is C17H28N2O2. The normalized spacial score (nSPS) is 12.9. The second-order valence-corrected chi connectivity index (χ2v) is 6.74. The zero-order valence-corrected chi connectivity index (χ0v) is 13.8. The van der Waals surface area contributed by atoms with Crippen molar-refractivity contribution in [1.82, 2.24) is 4.90 Å². The fraction of sp³-hybridized carbons (Fsp3) is 0.588. The van der Waals surface area contributed by atoms with Gasteiger partial charge in [0, 0.05) is 20.1 Å². The molecule has 0 spiro atoms. The maximum absolute atomic E-state index is 12.5. The molecule has 0 saturated carbocycles. The van der Waals surface area contributed by atoms with Gasteiger partial charge in [-0.15, -0.1) is 0 Å². The van der Waals surface area contributed by atoms with Crippen LogP contribution in [-0.4, -0.2) is 31.5 Å². The van der Waals surface area contributed by atoms with Gasteiger partial charge in [0.15, 0.2) is 0 Å². The number of carbonyl (C=O) groups excluding carboxylic acids is 1. The largest absolute Gasteiger partial charge is 0.497 e. The Balaban J connectivity index is 2.67. The number of nitrogens with zero attached hydrogens (tertiary/aromatic N) is 1. The van der Waals surface area contributed by atoms with E-state index in [4.69, 9.17) is 10.5 Å². The Morgan fingerprint density at radius 2 is 1.86 bits per heavy atom. The molecule has 0 aliphatic carbocycles. The molecule has 1 rings (SSSR count). The topological polar surface area (TPSA) is 55.6 Å². The summed E-state index contributed by atoms with van der Waals surface area (Å²) in [5.41, 5.74) is 6.97. The van der Waals surface area contributed by atoms with Crippen LogP contribution in [0.15, 0.2) is 24.3 Å². The lowest BCUT2D eigenvalue weighted by Gasteiger charge is -2.28. The van der Waals surface area contributed by atoms with Crippen LogP contribution >= 0.6 is 0 Å². The number of benzene rings is 1. The molecular weight excluding hydrogens is 264 g/mol. The van der Waals surface area contributed by atoms with Crippen molar-refractivity contribution in [2.24, 2.45) is 17.1 Å². The monoisotopic (exact) mass is 292 g/mol. The molecule has 1 amide bonds. The van der Waals surface area contributed by atoms with Gasteiger partial charge in [0.05, 0.1) is 13.0 Å². The van der Waals surface area contributed by atoms with Gasteiger partial charge in [-0.05, 0) is 29.5 Å². The number of nitrogens with two attached hydrogens (primary N) is 1. The summed E-state index contributed by atoms with van der Waals surface area (Å²) in [5, 5.41) is 0. The first-order valence-electron chi connectivity index (χ1n) is 7.35. The van der Waals surface area contributed by atoms with Gasteiger partial charge in [-0.1, -0.05) is 32.9 Å². The van der Waals surface area contributed by atoms with Gasteiger partial charge in [0.25, 0.3) is 0 Å². The minimum Gasteiger partial charge on any atom is -0.497 e. The molecule has 0 aromatic heterocycles. The lowest BCUT2D eigenvalue weighted by Crippen LogP contribution is -2.38. The van der Waals surface area contributed by atoms with E-state index in [0.29, 0.717) is 13.1 Å². The van der Waals surface area contributed by atoms with E-state index < -0.39 is 0 Å². The van der Waals surface area contributed by atoms with Gasteiger partial charge in [-0.25, -0.2) is 0 Å². The Hall–Kier alpha value is -1.55. The van der Waals surface area contributed by atoms with Crippen molar-refractivity contribution in [3.05, 3.63) is 29.8 Å². The summed E-state index contributed by atoms with van der Waals surface area (Å²) < 4.78 is 5.14. The predicted octanol–water partition coefficient (Wildman–Crippen LogP) is 2.66. The molecule has 1 unspecified atom stereocenters. The molecule has 0 heterocycles. The minimum atomic E-state index is -0.117. The third-order valence-electron chi connectivity index (χ3n) is 3.45.